The first-order valence-electron chi connectivity index (χ1n) is 5.84. The van der Waals surface area contributed by atoms with Crippen LogP contribution in [0.4, 0.5) is 15.3 Å². The molecular weight excluding hydrogens is 371 g/mol. The number of carbonyl (C=O) groups excluding carboxylic acids is 1. The molecule has 10 heteroatoms. The highest BCUT2D eigenvalue weighted by molar-refractivity contribution is 9.10. The molecule has 1 aliphatic heterocycles. The molecule has 0 aliphatic carbocycles. The first-order valence-corrected chi connectivity index (χ1v) is 8.18. The fraction of sp³-hybridized carbons (Fsp3) is 0.364. The van der Waals surface area contributed by atoms with Crippen LogP contribution in [0.1, 0.15) is 6.42 Å². The van der Waals surface area contributed by atoms with Crippen LogP contribution in [0, 0.1) is 16.0 Å². The molecule has 2 rings (SSSR count). The Bertz CT molecular complexity index is 709. The third kappa shape index (κ3) is 3.76. The van der Waals surface area contributed by atoms with E-state index in [9.17, 15) is 27.2 Å². The molecule has 1 heterocycles. The van der Waals surface area contributed by atoms with Gasteiger partial charge in [-0.3, -0.25) is 14.9 Å². The average molecular weight is 381 g/mol. The Morgan fingerprint density at radius 1 is 1.48 bits per heavy atom. The zero-order valence-corrected chi connectivity index (χ0v) is 12.9. The zero-order chi connectivity index (χ0) is 15.8. The summed E-state index contributed by atoms with van der Waals surface area (Å²) in [6.07, 6.45) is -0.113. The van der Waals surface area contributed by atoms with Crippen molar-refractivity contribution in [3.63, 3.8) is 0 Å². The number of benzene rings is 1. The maximum Gasteiger partial charge on any atom is 0.302 e. The van der Waals surface area contributed by atoms with E-state index in [1.807, 2.05) is 0 Å². The predicted molar refractivity (Wildman–Crippen MR) is 76.2 cm³/mol. The van der Waals surface area contributed by atoms with E-state index in [1.165, 1.54) is 23.1 Å². The summed E-state index contributed by atoms with van der Waals surface area (Å²) in [6.45, 7) is 0.00174. The van der Waals surface area contributed by atoms with Gasteiger partial charge in [-0.25, -0.2) is 0 Å². The second kappa shape index (κ2) is 5.68. The second-order valence-electron chi connectivity index (χ2n) is 4.67. The lowest BCUT2D eigenvalue weighted by molar-refractivity contribution is -0.384. The first kappa shape index (κ1) is 15.8. The standard InChI is InChI=1S/C11H10BrFN2O5S/c12-9-2-1-8(15(17)18)4-10(9)14-5-7(3-11(14)16)6-21(13,19)20/h1-2,4,7H,3,5-6H2. The van der Waals surface area contributed by atoms with Crippen molar-refractivity contribution < 1.29 is 22.0 Å². The molecule has 0 radical (unpaired) electrons. The van der Waals surface area contributed by atoms with E-state index in [2.05, 4.69) is 15.9 Å². The Morgan fingerprint density at radius 3 is 2.71 bits per heavy atom. The van der Waals surface area contributed by atoms with E-state index in [0.717, 1.165) is 0 Å². The van der Waals surface area contributed by atoms with Gasteiger partial charge in [0, 0.05) is 35.5 Å². The number of nitrogens with zero attached hydrogens (tertiary/aromatic N) is 2. The van der Waals surface area contributed by atoms with Gasteiger partial charge in [0.1, 0.15) is 0 Å². The van der Waals surface area contributed by atoms with Crippen LogP contribution >= 0.6 is 15.9 Å². The Hall–Kier alpha value is -1.55. The third-order valence-electron chi connectivity index (χ3n) is 3.07. The lowest BCUT2D eigenvalue weighted by Gasteiger charge is -2.17. The van der Waals surface area contributed by atoms with Crippen LogP contribution in [0.5, 0.6) is 0 Å². The summed E-state index contributed by atoms with van der Waals surface area (Å²) >= 11 is 3.19. The van der Waals surface area contributed by atoms with Gasteiger partial charge in [0.05, 0.1) is 16.4 Å². The van der Waals surface area contributed by atoms with Gasteiger partial charge in [0.2, 0.25) is 5.91 Å². The molecule has 0 aromatic heterocycles. The topological polar surface area (TPSA) is 97.6 Å². The molecule has 1 aliphatic rings. The predicted octanol–water partition coefficient (Wildman–Crippen LogP) is 2.01. The number of hydrogen-bond donors (Lipinski definition) is 0. The zero-order valence-electron chi connectivity index (χ0n) is 10.5. The third-order valence-corrected chi connectivity index (χ3v) is 4.61. The van der Waals surface area contributed by atoms with Crippen molar-refractivity contribution in [2.75, 3.05) is 17.2 Å². The number of anilines is 1. The number of halogens is 2. The Morgan fingerprint density at radius 2 is 2.14 bits per heavy atom. The maximum absolute atomic E-state index is 12.7. The molecule has 1 aromatic rings. The molecule has 0 spiro atoms. The molecule has 1 aromatic carbocycles. The van der Waals surface area contributed by atoms with Crippen molar-refractivity contribution >= 4 is 43.4 Å². The van der Waals surface area contributed by atoms with E-state index >= 15 is 0 Å². The number of hydrogen-bond acceptors (Lipinski definition) is 5. The molecule has 7 nitrogen and oxygen atoms in total. The molecule has 0 N–H and O–H groups in total. The summed E-state index contributed by atoms with van der Waals surface area (Å²) in [7, 11) is -4.67. The Kier molecular flexibility index (Phi) is 4.28. The Balaban J connectivity index is 2.28. The number of carbonyl (C=O) groups is 1. The lowest BCUT2D eigenvalue weighted by Crippen LogP contribution is -2.25. The van der Waals surface area contributed by atoms with Crippen molar-refractivity contribution in [2.24, 2.45) is 5.92 Å². The van der Waals surface area contributed by atoms with E-state index in [0.29, 0.717) is 4.47 Å². The van der Waals surface area contributed by atoms with Crippen molar-refractivity contribution in [3.8, 4) is 0 Å². The van der Waals surface area contributed by atoms with Crippen LogP contribution in [-0.4, -0.2) is 31.5 Å². The fourth-order valence-electron chi connectivity index (χ4n) is 2.23. The molecule has 21 heavy (non-hydrogen) atoms. The van der Waals surface area contributed by atoms with E-state index in [-0.39, 0.29) is 24.3 Å². The molecular formula is C11H10BrFN2O5S. The largest absolute Gasteiger partial charge is 0.311 e. The van der Waals surface area contributed by atoms with E-state index in [4.69, 9.17) is 0 Å². The molecule has 0 saturated carbocycles. The van der Waals surface area contributed by atoms with Gasteiger partial charge < -0.3 is 4.90 Å². The van der Waals surface area contributed by atoms with E-state index in [1.54, 1.807) is 0 Å². The van der Waals surface area contributed by atoms with Crippen LogP contribution in [0.15, 0.2) is 22.7 Å². The second-order valence-corrected chi connectivity index (χ2v) is 6.94. The SMILES string of the molecule is O=C1CC(CS(=O)(=O)F)CN1c1cc([N+](=O)[O-])ccc1Br. The minimum absolute atomic E-state index is 0.00174. The molecule has 1 unspecified atom stereocenters. The van der Waals surface area contributed by atoms with Gasteiger partial charge in [-0.15, -0.1) is 3.89 Å². The van der Waals surface area contributed by atoms with Crippen molar-refractivity contribution in [2.45, 2.75) is 6.42 Å². The normalized spacial score (nSPS) is 19.0. The number of non-ortho nitro benzene ring substituents is 1. The summed E-state index contributed by atoms with van der Waals surface area (Å²) in [5.74, 6) is -1.80. The van der Waals surface area contributed by atoms with Crippen molar-refractivity contribution in [1.82, 2.24) is 0 Å². The van der Waals surface area contributed by atoms with Gasteiger partial charge >= 0.3 is 10.2 Å². The highest BCUT2D eigenvalue weighted by Gasteiger charge is 2.35. The van der Waals surface area contributed by atoms with E-state index < -0.39 is 32.7 Å². The highest BCUT2D eigenvalue weighted by Crippen LogP contribution is 2.34. The minimum atomic E-state index is -4.67. The summed E-state index contributed by atoms with van der Waals surface area (Å²) in [6, 6.07) is 3.92. The smallest absolute Gasteiger partial charge is 0.302 e. The number of amides is 1. The molecule has 1 amide bonds. The summed E-state index contributed by atoms with van der Waals surface area (Å²) in [5, 5.41) is 10.8. The van der Waals surface area contributed by atoms with Crippen LogP contribution in [0.3, 0.4) is 0 Å². The van der Waals surface area contributed by atoms with Gasteiger partial charge in [-0.2, -0.15) is 8.42 Å². The number of nitro benzene ring substituents is 1. The summed E-state index contributed by atoms with van der Waals surface area (Å²) in [4.78, 5) is 23.3. The van der Waals surface area contributed by atoms with Gasteiger partial charge in [0.15, 0.2) is 0 Å². The average Bonchev–Trinajstić information content (AvgIpc) is 2.67. The molecule has 1 atom stereocenters. The Labute approximate surface area is 128 Å². The van der Waals surface area contributed by atoms with Crippen molar-refractivity contribution in [3.05, 3.63) is 32.8 Å². The minimum Gasteiger partial charge on any atom is -0.311 e. The monoisotopic (exact) mass is 380 g/mol. The van der Waals surface area contributed by atoms with Gasteiger partial charge in [0.25, 0.3) is 5.69 Å². The van der Waals surface area contributed by atoms with Crippen LogP contribution in [0.25, 0.3) is 0 Å². The van der Waals surface area contributed by atoms with Gasteiger partial charge in [-0.05, 0) is 22.0 Å². The first-order chi connectivity index (χ1) is 9.67. The summed E-state index contributed by atoms with van der Waals surface area (Å²) in [5.41, 5.74) is 0.0792. The fourth-order valence-corrected chi connectivity index (χ4v) is 3.48. The maximum atomic E-state index is 12.7. The van der Waals surface area contributed by atoms with Crippen LogP contribution in [0.2, 0.25) is 0 Å². The number of nitro groups is 1. The highest BCUT2D eigenvalue weighted by atomic mass is 79.9. The molecule has 1 saturated heterocycles. The van der Waals surface area contributed by atoms with Crippen LogP contribution < -0.4 is 4.90 Å². The molecule has 0 bridgehead atoms. The molecule has 114 valence electrons. The molecule has 1 fully saturated rings. The van der Waals surface area contributed by atoms with Gasteiger partial charge in [-0.1, -0.05) is 0 Å². The lowest BCUT2D eigenvalue weighted by atomic mass is 10.1. The van der Waals surface area contributed by atoms with Crippen molar-refractivity contribution in [1.29, 1.82) is 0 Å². The summed E-state index contributed by atoms with van der Waals surface area (Å²) < 4.78 is 34.5. The number of rotatable bonds is 4. The quantitative estimate of drug-likeness (QED) is 0.452. The van der Waals surface area contributed by atoms with Crippen LogP contribution in [-0.2, 0) is 15.0 Å².